The third-order valence-corrected chi connectivity index (χ3v) is 4.26. The van der Waals surface area contributed by atoms with E-state index < -0.39 is 8.07 Å². The van der Waals surface area contributed by atoms with E-state index in [2.05, 4.69) is 50.8 Å². The summed E-state index contributed by atoms with van der Waals surface area (Å²) in [5, 5.41) is 1.49. The van der Waals surface area contributed by atoms with Gasteiger partial charge < -0.3 is 4.74 Å². The van der Waals surface area contributed by atoms with Crippen LogP contribution in [0.1, 0.15) is 13.3 Å². The Labute approximate surface area is 88.1 Å². The monoisotopic (exact) mass is 208 g/mol. The minimum atomic E-state index is -1.14. The minimum Gasteiger partial charge on any atom is -0.494 e. The summed E-state index contributed by atoms with van der Waals surface area (Å²) >= 11 is 0. The molecule has 14 heavy (non-hydrogen) atoms. The van der Waals surface area contributed by atoms with E-state index in [0.29, 0.717) is 0 Å². The summed E-state index contributed by atoms with van der Waals surface area (Å²) in [5.74, 6) is 0.994. The largest absolute Gasteiger partial charge is 0.494 e. The second-order valence-corrected chi connectivity index (χ2v) is 9.70. The molecule has 0 radical (unpaired) electrons. The van der Waals surface area contributed by atoms with Gasteiger partial charge in [0.05, 0.1) is 14.7 Å². The summed E-state index contributed by atoms with van der Waals surface area (Å²) in [4.78, 5) is 0. The molecule has 1 nitrogen and oxygen atoms in total. The van der Waals surface area contributed by atoms with Gasteiger partial charge in [-0.05, 0) is 18.6 Å². The number of benzene rings is 1. The Morgan fingerprint density at radius 1 is 1.07 bits per heavy atom. The van der Waals surface area contributed by atoms with E-state index >= 15 is 0 Å². The van der Waals surface area contributed by atoms with Crippen LogP contribution in [0.5, 0.6) is 5.75 Å². The lowest BCUT2D eigenvalue weighted by Gasteiger charge is -2.16. The maximum Gasteiger partial charge on any atom is 0.119 e. The molecule has 0 aliphatic carbocycles. The van der Waals surface area contributed by atoms with Gasteiger partial charge in [0.2, 0.25) is 0 Å². The standard InChI is InChI=1S/C12H20OSi/c1-5-10-13-11-6-8-12(9-7-11)14(2,3)4/h6-9H,5,10H2,1-4H3. The molecule has 1 rings (SSSR count). The molecule has 1 aromatic rings. The third-order valence-electron chi connectivity index (χ3n) is 2.19. The number of rotatable bonds is 4. The molecule has 0 atom stereocenters. The number of ether oxygens (including phenoxy) is 1. The summed E-state index contributed by atoms with van der Waals surface area (Å²) in [6.45, 7) is 10.0. The van der Waals surface area contributed by atoms with Crippen LogP contribution in [0, 0.1) is 0 Å². The smallest absolute Gasteiger partial charge is 0.119 e. The van der Waals surface area contributed by atoms with Gasteiger partial charge in [-0.2, -0.15) is 0 Å². The fraction of sp³-hybridized carbons (Fsp3) is 0.500. The first-order chi connectivity index (χ1) is 6.54. The molecule has 0 unspecified atom stereocenters. The minimum absolute atomic E-state index is 0.812. The molecule has 0 saturated carbocycles. The van der Waals surface area contributed by atoms with Gasteiger partial charge in [-0.1, -0.05) is 43.9 Å². The van der Waals surface area contributed by atoms with E-state index in [1.54, 1.807) is 0 Å². The Morgan fingerprint density at radius 2 is 1.64 bits per heavy atom. The highest BCUT2D eigenvalue weighted by molar-refractivity contribution is 6.88. The molecule has 0 N–H and O–H groups in total. The Balaban J connectivity index is 2.69. The third kappa shape index (κ3) is 3.18. The van der Waals surface area contributed by atoms with Gasteiger partial charge in [-0.15, -0.1) is 0 Å². The number of hydrogen-bond acceptors (Lipinski definition) is 1. The maximum absolute atomic E-state index is 5.54. The summed E-state index contributed by atoms with van der Waals surface area (Å²) in [6.07, 6.45) is 1.07. The lowest BCUT2D eigenvalue weighted by Crippen LogP contribution is -2.37. The lowest BCUT2D eigenvalue weighted by atomic mass is 10.3. The molecular weight excluding hydrogens is 188 g/mol. The summed E-state index contributed by atoms with van der Waals surface area (Å²) < 4.78 is 5.54. The lowest BCUT2D eigenvalue weighted by molar-refractivity contribution is 0.317. The van der Waals surface area contributed by atoms with Crippen molar-refractivity contribution in [1.29, 1.82) is 0 Å². The van der Waals surface area contributed by atoms with Gasteiger partial charge in [0.15, 0.2) is 0 Å². The van der Waals surface area contributed by atoms with Crippen molar-refractivity contribution in [3.63, 3.8) is 0 Å². The predicted molar refractivity (Wildman–Crippen MR) is 65.2 cm³/mol. The Morgan fingerprint density at radius 3 is 2.07 bits per heavy atom. The molecule has 0 saturated heterocycles. The topological polar surface area (TPSA) is 9.23 Å². The fourth-order valence-electron chi connectivity index (χ4n) is 1.27. The van der Waals surface area contributed by atoms with Crippen LogP contribution < -0.4 is 9.92 Å². The summed E-state index contributed by atoms with van der Waals surface area (Å²) in [6, 6.07) is 8.58. The second kappa shape index (κ2) is 4.65. The highest BCUT2D eigenvalue weighted by Gasteiger charge is 2.15. The molecule has 0 aliphatic heterocycles. The summed E-state index contributed by atoms with van der Waals surface area (Å²) in [5.41, 5.74) is 0. The van der Waals surface area contributed by atoms with Gasteiger partial charge in [0, 0.05) is 0 Å². The summed E-state index contributed by atoms with van der Waals surface area (Å²) in [7, 11) is -1.14. The zero-order valence-corrected chi connectivity index (χ0v) is 10.6. The Bertz CT molecular complexity index is 271. The van der Waals surface area contributed by atoms with Crippen molar-refractivity contribution >= 4 is 13.3 Å². The van der Waals surface area contributed by atoms with Crippen LogP contribution in [-0.4, -0.2) is 14.7 Å². The van der Waals surface area contributed by atoms with Crippen LogP contribution in [0.25, 0.3) is 0 Å². The van der Waals surface area contributed by atoms with Crippen LogP contribution >= 0.6 is 0 Å². The first-order valence-electron chi connectivity index (χ1n) is 5.27. The maximum atomic E-state index is 5.54. The molecule has 0 spiro atoms. The molecule has 0 aromatic heterocycles. The molecular formula is C12H20OSi. The van der Waals surface area contributed by atoms with E-state index in [1.165, 1.54) is 5.19 Å². The molecule has 78 valence electrons. The Kier molecular flexibility index (Phi) is 3.75. The zero-order chi connectivity index (χ0) is 10.6. The Hall–Kier alpha value is -0.763. The SMILES string of the molecule is CCCOc1ccc([Si](C)(C)C)cc1. The van der Waals surface area contributed by atoms with Crippen molar-refractivity contribution in [2.45, 2.75) is 33.0 Å². The second-order valence-electron chi connectivity index (χ2n) is 4.62. The molecule has 0 bridgehead atoms. The van der Waals surface area contributed by atoms with Crippen LogP contribution in [0.15, 0.2) is 24.3 Å². The van der Waals surface area contributed by atoms with Crippen LogP contribution in [-0.2, 0) is 0 Å². The molecule has 1 aromatic carbocycles. The van der Waals surface area contributed by atoms with E-state index in [0.717, 1.165) is 18.8 Å². The van der Waals surface area contributed by atoms with Gasteiger partial charge in [0.25, 0.3) is 0 Å². The van der Waals surface area contributed by atoms with Gasteiger partial charge in [-0.3, -0.25) is 0 Å². The van der Waals surface area contributed by atoms with E-state index in [9.17, 15) is 0 Å². The van der Waals surface area contributed by atoms with Crippen molar-refractivity contribution in [2.24, 2.45) is 0 Å². The van der Waals surface area contributed by atoms with E-state index in [1.807, 2.05) is 0 Å². The van der Waals surface area contributed by atoms with Crippen molar-refractivity contribution in [2.75, 3.05) is 6.61 Å². The van der Waals surface area contributed by atoms with E-state index in [-0.39, 0.29) is 0 Å². The van der Waals surface area contributed by atoms with Gasteiger partial charge in [0.1, 0.15) is 5.75 Å². The fourth-order valence-corrected chi connectivity index (χ4v) is 2.44. The van der Waals surface area contributed by atoms with Crippen LogP contribution in [0.3, 0.4) is 0 Å². The first-order valence-corrected chi connectivity index (χ1v) is 8.77. The van der Waals surface area contributed by atoms with Crippen molar-refractivity contribution in [3.8, 4) is 5.75 Å². The molecule has 0 fully saturated rings. The highest BCUT2D eigenvalue weighted by Crippen LogP contribution is 2.10. The van der Waals surface area contributed by atoms with Crippen molar-refractivity contribution in [1.82, 2.24) is 0 Å². The quantitative estimate of drug-likeness (QED) is 0.691. The van der Waals surface area contributed by atoms with E-state index in [4.69, 9.17) is 4.74 Å². The predicted octanol–water partition coefficient (Wildman–Crippen LogP) is 3.02. The number of hydrogen-bond donors (Lipinski definition) is 0. The van der Waals surface area contributed by atoms with Crippen LogP contribution in [0.2, 0.25) is 19.6 Å². The van der Waals surface area contributed by atoms with Crippen LogP contribution in [0.4, 0.5) is 0 Å². The first kappa shape index (κ1) is 11.3. The zero-order valence-electron chi connectivity index (χ0n) is 9.63. The normalized spacial score (nSPS) is 11.4. The van der Waals surface area contributed by atoms with Crippen molar-refractivity contribution < 1.29 is 4.74 Å². The molecule has 0 heterocycles. The molecule has 0 aliphatic rings. The van der Waals surface area contributed by atoms with Gasteiger partial charge in [-0.25, -0.2) is 0 Å². The molecule has 0 amide bonds. The molecule has 2 heteroatoms. The average Bonchev–Trinajstić information content (AvgIpc) is 2.14. The van der Waals surface area contributed by atoms with Crippen molar-refractivity contribution in [3.05, 3.63) is 24.3 Å². The highest BCUT2D eigenvalue weighted by atomic mass is 28.3. The average molecular weight is 208 g/mol. The van der Waals surface area contributed by atoms with Gasteiger partial charge >= 0.3 is 0 Å².